The second-order valence-corrected chi connectivity index (χ2v) is 7.48. The monoisotopic (exact) mass is 327 g/mol. The Morgan fingerprint density at radius 3 is 2.67 bits per heavy atom. The molecule has 5 heteroatoms. The first-order valence-corrected chi connectivity index (χ1v) is 8.99. The van der Waals surface area contributed by atoms with Crippen LogP contribution in [0, 0.1) is 11.3 Å². The highest BCUT2D eigenvalue weighted by Crippen LogP contribution is 2.52. The van der Waals surface area contributed by atoms with E-state index in [1.807, 2.05) is 6.07 Å². The van der Waals surface area contributed by atoms with Crippen LogP contribution in [0.4, 0.5) is 0 Å². The third-order valence-corrected chi connectivity index (χ3v) is 6.04. The number of likely N-dealkylation sites (tertiary alicyclic amines) is 1. The molecule has 1 saturated carbocycles. The van der Waals surface area contributed by atoms with Crippen LogP contribution in [0.15, 0.2) is 24.3 Å². The van der Waals surface area contributed by atoms with Gasteiger partial charge >= 0.3 is 5.97 Å². The van der Waals surface area contributed by atoms with Crippen molar-refractivity contribution >= 4 is 17.0 Å². The Morgan fingerprint density at radius 1 is 1.29 bits per heavy atom. The lowest BCUT2D eigenvalue weighted by Crippen LogP contribution is -2.48. The van der Waals surface area contributed by atoms with E-state index in [2.05, 4.69) is 34.6 Å². The fourth-order valence-electron chi connectivity index (χ4n) is 4.55. The molecule has 1 aliphatic heterocycles. The maximum absolute atomic E-state index is 11.0. The van der Waals surface area contributed by atoms with Crippen molar-refractivity contribution in [2.45, 2.75) is 45.7 Å². The van der Waals surface area contributed by atoms with Crippen LogP contribution < -0.4 is 0 Å². The van der Waals surface area contributed by atoms with Gasteiger partial charge in [0.15, 0.2) is 0 Å². The molecule has 1 N–H and O–H groups in total. The van der Waals surface area contributed by atoms with E-state index in [-0.39, 0.29) is 5.92 Å². The molecule has 2 aromatic rings. The molecule has 0 amide bonds. The summed E-state index contributed by atoms with van der Waals surface area (Å²) in [6, 6.07) is 8.33. The van der Waals surface area contributed by atoms with Crippen molar-refractivity contribution in [3.63, 3.8) is 0 Å². The first-order valence-electron chi connectivity index (χ1n) is 8.99. The number of aryl methyl sites for hydroxylation is 1. The van der Waals surface area contributed by atoms with Crippen LogP contribution in [0.5, 0.6) is 0 Å². The van der Waals surface area contributed by atoms with E-state index in [0.717, 1.165) is 63.2 Å². The van der Waals surface area contributed by atoms with E-state index in [4.69, 9.17) is 10.1 Å². The number of fused-ring (bicyclic) bond motifs is 1. The lowest BCUT2D eigenvalue weighted by molar-refractivity contribution is -0.152. The van der Waals surface area contributed by atoms with E-state index in [0.29, 0.717) is 5.41 Å². The number of aliphatic carboxylic acids is 1. The number of carbonyl (C=O) groups is 1. The minimum absolute atomic E-state index is 0.0964. The fraction of sp³-hybridized carbons (Fsp3) is 0.579. The molecule has 1 aromatic heterocycles. The smallest absolute Gasteiger partial charge is 0.306 e. The number of hydrogen-bond acceptors (Lipinski definition) is 3. The Balaban J connectivity index is 1.42. The van der Waals surface area contributed by atoms with Crippen molar-refractivity contribution in [2.75, 3.05) is 13.1 Å². The summed E-state index contributed by atoms with van der Waals surface area (Å²) in [5.41, 5.74) is 2.60. The van der Waals surface area contributed by atoms with Gasteiger partial charge in [0.2, 0.25) is 0 Å². The summed E-state index contributed by atoms with van der Waals surface area (Å²) in [5.74, 6) is 0.437. The number of benzene rings is 1. The van der Waals surface area contributed by atoms with E-state index in [1.165, 1.54) is 5.52 Å². The van der Waals surface area contributed by atoms with E-state index < -0.39 is 5.97 Å². The number of rotatable bonds is 4. The number of aromatic nitrogens is 2. The molecule has 4 rings (SSSR count). The highest BCUT2D eigenvalue weighted by Gasteiger charge is 2.48. The van der Waals surface area contributed by atoms with Gasteiger partial charge in [-0.15, -0.1) is 0 Å². The number of nitrogens with zero attached hydrogens (tertiary/aromatic N) is 3. The predicted octanol–water partition coefficient (Wildman–Crippen LogP) is 3.13. The number of hydrogen-bond donors (Lipinski definition) is 1. The molecule has 24 heavy (non-hydrogen) atoms. The zero-order chi connectivity index (χ0) is 16.7. The molecule has 1 aromatic carbocycles. The summed E-state index contributed by atoms with van der Waals surface area (Å²) in [4.78, 5) is 18.4. The lowest BCUT2D eigenvalue weighted by atomic mass is 9.57. The van der Waals surface area contributed by atoms with E-state index in [1.54, 1.807) is 0 Å². The van der Waals surface area contributed by atoms with Crippen molar-refractivity contribution in [2.24, 2.45) is 11.3 Å². The molecule has 0 atom stereocenters. The first kappa shape index (κ1) is 15.6. The summed E-state index contributed by atoms with van der Waals surface area (Å²) in [5, 5.41) is 9.10. The van der Waals surface area contributed by atoms with Crippen LogP contribution >= 0.6 is 0 Å². The fourth-order valence-corrected chi connectivity index (χ4v) is 4.55. The van der Waals surface area contributed by atoms with Crippen LogP contribution in [-0.4, -0.2) is 38.6 Å². The molecule has 0 bridgehead atoms. The number of imidazole rings is 1. The molecule has 128 valence electrons. The summed E-state index contributed by atoms with van der Waals surface area (Å²) in [6.45, 7) is 6.11. The van der Waals surface area contributed by atoms with Crippen LogP contribution in [0.3, 0.4) is 0 Å². The van der Waals surface area contributed by atoms with E-state index in [9.17, 15) is 4.79 Å². The topological polar surface area (TPSA) is 58.4 Å². The van der Waals surface area contributed by atoms with Gasteiger partial charge in [0.25, 0.3) is 0 Å². The van der Waals surface area contributed by atoms with Crippen LogP contribution in [0.1, 0.15) is 38.4 Å². The zero-order valence-corrected chi connectivity index (χ0v) is 14.2. The molecular formula is C19H25N3O2. The van der Waals surface area contributed by atoms with Gasteiger partial charge in [0.1, 0.15) is 5.82 Å². The zero-order valence-electron chi connectivity index (χ0n) is 14.2. The molecule has 2 aliphatic rings. The maximum Gasteiger partial charge on any atom is 0.306 e. The number of para-hydroxylation sites is 2. The Labute approximate surface area is 142 Å². The highest BCUT2D eigenvalue weighted by atomic mass is 16.4. The van der Waals surface area contributed by atoms with Crippen molar-refractivity contribution in [1.82, 2.24) is 14.5 Å². The average molecular weight is 327 g/mol. The molecule has 0 unspecified atom stereocenters. The third-order valence-electron chi connectivity index (χ3n) is 6.04. The Bertz CT molecular complexity index is 751. The molecule has 0 radical (unpaired) electrons. The molecule has 2 fully saturated rings. The maximum atomic E-state index is 11.0. The van der Waals surface area contributed by atoms with Crippen molar-refractivity contribution in [3.8, 4) is 0 Å². The molecule has 5 nitrogen and oxygen atoms in total. The average Bonchev–Trinajstić information content (AvgIpc) is 2.90. The Morgan fingerprint density at radius 2 is 2.00 bits per heavy atom. The van der Waals surface area contributed by atoms with Gasteiger partial charge in [-0.1, -0.05) is 12.1 Å². The van der Waals surface area contributed by atoms with Crippen LogP contribution in [0.2, 0.25) is 0 Å². The standard InChI is InChI=1S/C19H25N3O2/c1-2-22-16-6-4-3-5-15(16)20-17(22)13-21-9-7-19(8-10-21)11-14(12-19)18(23)24/h3-6,14H,2,7-13H2,1H3,(H,23,24). The third kappa shape index (κ3) is 2.61. The predicted molar refractivity (Wildman–Crippen MR) is 92.7 cm³/mol. The van der Waals surface area contributed by atoms with Gasteiger partial charge in [0, 0.05) is 6.54 Å². The summed E-state index contributed by atoms with van der Waals surface area (Å²) >= 11 is 0. The van der Waals surface area contributed by atoms with E-state index >= 15 is 0 Å². The highest BCUT2D eigenvalue weighted by molar-refractivity contribution is 5.75. The molecule has 1 spiro atoms. The number of piperidine rings is 1. The summed E-state index contributed by atoms with van der Waals surface area (Å²) in [7, 11) is 0. The SMILES string of the molecule is CCn1c(CN2CCC3(CC2)CC(C(=O)O)C3)nc2ccccc21. The molecule has 1 saturated heterocycles. The number of carboxylic acids is 1. The van der Waals surface area contributed by atoms with Gasteiger partial charge in [0.05, 0.1) is 23.5 Å². The minimum Gasteiger partial charge on any atom is -0.481 e. The Hall–Kier alpha value is -1.88. The number of carboxylic acid groups (broad SMARTS) is 1. The van der Waals surface area contributed by atoms with Crippen molar-refractivity contribution in [3.05, 3.63) is 30.1 Å². The first-order chi connectivity index (χ1) is 11.6. The van der Waals surface area contributed by atoms with Gasteiger partial charge in [-0.2, -0.15) is 0 Å². The molecule has 2 heterocycles. The molecule has 1 aliphatic carbocycles. The second-order valence-electron chi connectivity index (χ2n) is 7.48. The van der Waals surface area contributed by atoms with Gasteiger partial charge < -0.3 is 9.67 Å². The van der Waals surface area contributed by atoms with Crippen molar-refractivity contribution < 1.29 is 9.90 Å². The second kappa shape index (κ2) is 5.88. The van der Waals surface area contributed by atoms with Crippen LogP contribution in [0.25, 0.3) is 11.0 Å². The summed E-state index contributed by atoms with van der Waals surface area (Å²) in [6.07, 6.45) is 4.01. The largest absolute Gasteiger partial charge is 0.481 e. The normalized spacial score (nSPS) is 21.2. The van der Waals surface area contributed by atoms with Crippen LogP contribution in [-0.2, 0) is 17.9 Å². The summed E-state index contributed by atoms with van der Waals surface area (Å²) < 4.78 is 2.31. The van der Waals surface area contributed by atoms with Gasteiger partial charge in [-0.3, -0.25) is 9.69 Å². The quantitative estimate of drug-likeness (QED) is 0.937. The Kier molecular flexibility index (Phi) is 3.83. The molecular weight excluding hydrogens is 302 g/mol. The van der Waals surface area contributed by atoms with Crippen molar-refractivity contribution in [1.29, 1.82) is 0 Å². The minimum atomic E-state index is -0.611. The van der Waals surface area contributed by atoms with Gasteiger partial charge in [-0.05, 0) is 63.2 Å². The lowest BCUT2D eigenvalue weighted by Gasteiger charge is -2.50. The van der Waals surface area contributed by atoms with Gasteiger partial charge in [-0.25, -0.2) is 4.98 Å².